The molecular weight excluding hydrogens is 374 g/mol. The Kier molecular flexibility index (Phi) is 5.57. The number of nitrogens with zero attached hydrogens (tertiary/aromatic N) is 5. The maximum Gasteiger partial charge on any atom is 0.302 e. The van der Waals surface area contributed by atoms with Crippen molar-refractivity contribution in [2.45, 2.75) is 38.8 Å². The van der Waals surface area contributed by atoms with Crippen molar-refractivity contribution in [1.29, 1.82) is 0 Å². The zero-order valence-electron chi connectivity index (χ0n) is 13.6. The maximum absolute atomic E-state index is 11.1. The van der Waals surface area contributed by atoms with E-state index in [-0.39, 0.29) is 12.0 Å². The SMILES string of the molecule is CC(=O)OCC1CCCCN1Cc1nnnn1-c1ccccc1Br. The van der Waals surface area contributed by atoms with Crippen LogP contribution in [0.3, 0.4) is 0 Å². The average Bonchev–Trinajstić information content (AvgIpc) is 3.02. The number of benzene rings is 1. The van der Waals surface area contributed by atoms with Crippen LogP contribution in [0.2, 0.25) is 0 Å². The van der Waals surface area contributed by atoms with E-state index in [4.69, 9.17) is 4.74 Å². The first-order chi connectivity index (χ1) is 11.6. The molecule has 0 saturated carbocycles. The van der Waals surface area contributed by atoms with Crippen molar-refractivity contribution >= 4 is 21.9 Å². The second-order valence-electron chi connectivity index (χ2n) is 5.88. The number of hydrogen-bond donors (Lipinski definition) is 0. The van der Waals surface area contributed by atoms with Crippen molar-refractivity contribution in [3.05, 3.63) is 34.6 Å². The Labute approximate surface area is 149 Å². The van der Waals surface area contributed by atoms with Gasteiger partial charge in [-0.05, 0) is 57.9 Å². The van der Waals surface area contributed by atoms with E-state index in [1.165, 1.54) is 6.92 Å². The van der Waals surface area contributed by atoms with Crippen LogP contribution in [0.5, 0.6) is 0 Å². The van der Waals surface area contributed by atoms with Crippen LogP contribution in [0.1, 0.15) is 32.0 Å². The Morgan fingerprint density at radius 2 is 2.21 bits per heavy atom. The van der Waals surface area contributed by atoms with Crippen LogP contribution in [0.25, 0.3) is 5.69 Å². The van der Waals surface area contributed by atoms with Gasteiger partial charge in [0.25, 0.3) is 0 Å². The molecule has 1 unspecified atom stereocenters. The van der Waals surface area contributed by atoms with E-state index in [1.54, 1.807) is 4.68 Å². The summed E-state index contributed by atoms with van der Waals surface area (Å²) in [6.45, 7) is 3.45. The molecule has 2 aromatic rings. The van der Waals surface area contributed by atoms with Gasteiger partial charge in [0.05, 0.1) is 12.2 Å². The third-order valence-corrected chi connectivity index (χ3v) is 4.86. The molecule has 1 atom stereocenters. The van der Waals surface area contributed by atoms with Gasteiger partial charge in [-0.2, -0.15) is 4.68 Å². The van der Waals surface area contributed by atoms with E-state index in [2.05, 4.69) is 36.4 Å². The van der Waals surface area contributed by atoms with Gasteiger partial charge in [0, 0.05) is 17.4 Å². The van der Waals surface area contributed by atoms with Crippen LogP contribution < -0.4 is 0 Å². The Morgan fingerprint density at radius 1 is 1.38 bits per heavy atom. The van der Waals surface area contributed by atoms with Crippen LogP contribution in [-0.2, 0) is 16.1 Å². The lowest BCUT2D eigenvalue weighted by molar-refractivity contribution is -0.143. The highest BCUT2D eigenvalue weighted by Crippen LogP contribution is 2.23. The molecule has 0 amide bonds. The van der Waals surface area contributed by atoms with Gasteiger partial charge in [-0.3, -0.25) is 9.69 Å². The summed E-state index contributed by atoms with van der Waals surface area (Å²) in [7, 11) is 0. The van der Waals surface area contributed by atoms with Crippen LogP contribution in [-0.4, -0.2) is 50.3 Å². The molecule has 0 aliphatic carbocycles. The minimum absolute atomic E-state index is 0.215. The molecule has 0 spiro atoms. The number of ether oxygens (including phenoxy) is 1. The summed E-state index contributed by atoms with van der Waals surface area (Å²) in [5.41, 5.74) is 0.908. The lowest BCUT2D eigenvalue weighted by Crippen LogP contribution is -2.42. The normalized spacial score (nSPS) is 18.5. The van der Waals surface area contributed by atoms with Crippen molar-refractivity contribution in [3.8, 4) is 5.69 Å². The summed E-state index contributed by atoms with van der Waals surface area (Å²) in [4.78, 5) is 13.4. The van der Waals surface area contributed by atoms with Crippen molar-refractivity contribution in [3.63, 3.8) is 0 Å². The van der Waals surface area contributed by atoms with E-state index < -0.39 is 0 Å². The first kappa shape index (κ1) is 17.0. The molecular formula is C16H20BrN5O2. The predicted octanol–water partition coefficient (Wildman–Crippen LogP) is 2.34. The minimum atomic E-state index is -0.237. The van der Waals surface area contributed by atoms with Gasteiger partial charge in [0.15, 0.2) is 5.82 Å². The van der Waals surface area contributed by atoms with Crippen LogP contribution >= 0.6 is 15.9 Å². The molecule has 7 nitrogen and oxygen atoms in total. The largest absolute Gasteiger partial charge is 0.464 e. The molecule has 0 bridgehead atoms. The molecule has 2 heterocycles. The number of rotatable bonds is 5. The number of hydrogen-bond acceptors (Lipinski definition) is 6. The van der Waals surface area contributed by atoms with Crippen molar-refractivity contribution in [2.75, 3.05) is 13.2 Å². The summed E-state index contributed by atoms with van der Waals surface area (Å²) in [6.07, 6.45) is 3.30. The monoisotopic (exact) mass is 393 g/mol. The lowest BCUT2D eigenvalue weighted by Gasteiger charge is -2.34. The molecule has 1 aromatic heterocycles. The zero-order valence-corrected chi connectivity index (χ0v) is 15.1. The van der Waals surface area contributed by atoms with Gasteiger partial charge >= 0.3 is 5.97 Å². The second-order valence-corrected chi connectivity index (χ2v) is 6.74. The third-order valence-electron chi connectivity index (χ3n) is 4.19. The number of tetrazole rings is 1. The molecule has 1 fully saturated rings. The van der Waals surface area contributed by atoms with E-state index in [1.807, 2.05) is 24.3 Å². The molecule has 1 aliphatic rings. The fraction of sp³-hybridized carbons (Fsp3) is 0.500. The Morgan fingerprint density at radius 3 is 3.00 bits per heavy atom. The fourth-order valence-electron chi connectivity index (χ4n) is 2.97. The van der Waals surface area contributed by atoms with E-state index in [9.17, 15) is 4.79 Å². The quantitative estimate of drug-likeness (QED) is 0.725. The molecule has 1 aliphatic heterocycles. The zero-order chi connectivity index (χ0) is 16.9. The van der Waals surface area contributed by atoms with E-state index in [0.717, 1.165) is 41.8 Å². The Balaban J connectivity index is 1.77. The molecule has 8 heteroatoms. The Hall–Kier alpha value is -1.80. The molecule has 1 saturated heterocycles. The standard InChI is InChI=1S/C16H20BrN5O2/c1-12(23)24-11-13-6-4-5-9-21(13)10-16-18-19-20-22(16)15-8-3-2-7-14(15)17/h2-3,7-8,13H,4-6,9-11H2,1H3. The highest BCUT2D eigenvalue weighted by atomic mass is 79.9. The number of carbonyl (C=O) groups is 1. The van der Waals surface area contributed by atoms with Crippen molar-refractivity contribution in [2.24, 2.45) is 0 Å². The van der Waals surface area contributed by atoms with E-state index >= 15 is 0 Å². The first-order valence-corrected chi connectivity index (χ1v) is 8.84. The predicted molar refractivity (Wildman–Crippen MR) is 91.5 cm³/mol. The fourth-order valence-corrected chi connectivity index (χ4v) is 3.42. The molecule has 0 radical (unpaired) electrons. The number of para-hydroxylation sites is 1. The lowest BCUT2D eigenvalue weighted by atomic mass is 10.0. The molecule has 128 valence electrons. The number of esters is 1. The molecule has 24 heavy (non-hydrogen) atoms. The van der Waals surface area contributed by atoms with Crippen molar-refractivity contribution in [1.82, 2.24) is 25.1 Å². The van der Waals surface area contributed by atoms with Gasteiger partial charge in [-0.15, -0.1) is 5.10 Å². The molecule has 1 aromatic carbocycles. The highest BCUT2D eigenvalue weighted by molar-refractivity contribution is 9.10. The number of aromatic nitrogens is 4. The molecule has 3 rings (SSSR count). The Bertz CT molecular complexity index is 705. The highest BCUT2D eigenvalue weighted by Gasteiger charge is 2.25. The number of piperidine rings is 1. The number of carbonyl (C=O) groups excluding carboxylic acids is 1. The van der Waals surface area contributed by atoms with Gasteiger partial charge in [-0.25, -0.2) is 0 Å². The van der Waals surface area contributed by atoms with Crippen molar-refractivity contribution < 1.29 is 9.53 Å². The second kappa shape index (κ2) is 7.85. The smallest absolute Gasteiger partial charge is 0.302 e. The van der Waals surface area contributed by atoms with Gasteiger partial charge in [-0.1, -0.05) is 18.6 Å². The summed E-state index contributed by atoms with van der Waals surface area (Å²) in [5, 5.41) is 12.1. The number of halogens is 1. The molecule has 0 N–H and O–H groups in total. The van der Waals surface area contributed by atoms with Crippen LogP contribution in [0.4, 0.5) is 0 Å². The summed E-state index contributed by atoms with van der Waals surface area (Å²) < 4.78 is 7.91. The average molecular weight is 394 g/mol. The maximum atomic E-state index is 11.1. The summed E-state index contributed by atoms with van der Waals surface area (Å²) in [5.74, 6) is 0.537. The van der Waals surface area contributed by atoms with Gasteiger partial charge < -0.3 is 4.74 Å². The first-order valence-electron chi connectivity index (χ1n) is 8.04. The van der Waals surface area contributed by atoms with Gasteiger partial charge in [0.2, 0.25) is 0 Å². The topological polar surface area (TPSA) is 73.1 Å². The van der Waals surface area contributed by atoms with Crippen LogP contribution in [0.15, 0.2) is 28.7 Å². The summed E-state index contributed by atoms with van der Waals surface area (Å²) >= 11 is 3.54. The summed E-state index contributed by atoms with van der Waals surface area (Å²) in [6, 6.07) is 8.06. The number of likely N-dealkylation sites (tertiary alicyclic amines) is 1. The third kappa shape index (κ3) is 3.99. The van der Waals surface area contributed by atoms with Crippen LogP contribution in [0, 0.1) is 0 Å². The van der Waals surface area contributed by atoms with E-state index in [0.29, 0.717) is 13.2 Å². The minimum Gasteiger partial charge on any atom is -0.464 e. The van der Waals surface area contributed by atoms with Gasteiger partial charge in [0.1, 0.15) is 6.61 Å².